The zero-order valence-electron chi connectivity index (χ0n) is 10.0. The van der Waals surface area contributed by atoms with Crippen LogP contribution in [0.15, 0.2) is 24.3 Å². The average Bonchev–Trinajstić information content (AvgIpc) is 2.29. The maximum absolute atomic E-state index is 9.16. The van der Waals surface area contributed by atoms with E-state index in [9.17, 15) is 0 Å². The van der Waals surface area contributed by atoms with Gasteiger partial charge in [0.25, 0.3) is 0 Å². The van der Waals surface area contributed by atoms with Crippen LogP contribution in [0.4, 0.5) is 0 Å². The van der Waals surface area contributed by atoms with Crippen molar-refractivity contribution >= 4 is 0 Å². The van der Waals surface area contributed by atoms with Gasteiger partial charge in [0, 0.05) is 18.7 Å². The van der Waals surface area contributed by atoms with Gasteiger partial charge < -0.3 is 15.5 Å². The molecule has 0 bridgehead atoms. The number of aromatic hydroxyl groups is 1. The molecule has 16 heavy (non-hydrogen) atoms. The minimum atomic E-state index is -0.0212. The van der Waals surface area contributed by atoms with Crippen LogP contribution in [0.2, 0.25) is 0 Å². The molecule has 0 saturated carbocycles. The Bertz CT molecular complexity index is 310. The first-order valence-corrected chi connectivity index (χ1v) is 5.73. The van der Waals surface area contributed by atoms with Crippen molar-refractivity contribution in [2.24, 2.45) is 0 Å². The van der Waals surface area contributed by atoms with Gasteiger partial charge in [-0.2, -0.15) is 0 Å². The Morgan fingerprint density at radius 2 is 1.88 bits per heavy atom. The molecular weight excluding hydrogens is 202 g/mol. The second-order valence-corrected chi connectivity index (χ2v) is 4.41. The monoisotopic (exact) mass is 223 g/mol. The summed E-state index contributed by atoms with van der Waals surface area (Å²) in [5, 5.41) is 21.6. The molecule has 0 aliphatic heterocycles. The van der Waals surface area contributed by atoms with Crippen LogP contribution < -0.4 is 5.32 Å². The quantitative estimate of drug-likeness (QED) is 0.691. The van der Waals surface area contributed by atoms with Crippen LogP contribution in [0.25, 0.3) is 0 Å². The van der Waals surface area contributed by atoms with Crippen molar-refractivity contribution in [1.82, 2.24) is 5.32 Å². The second kappa shape index (κ2) is 5.87. The van der Waals surface area contributed by atoms with Crippen molar-refractivity contribution in [3.63, 3.8) is 0 Å². The van der Waals surface area contributed by atoms with E-state index < -0.39 is 0 Å². The van der Waals surface area contributed by atoms with E-state index in [-0.39, 0.29) is 17.9 Å². The summed E-state index contributed by atoms with van der Waals surface area (Å²) in [7, 11) is 0. The molecular formula is C13H21NO2. The maximum Gasteiger partial charge on any atom is 0.115 e. The van der Waals surface area contributed by atoms with Gasteiger partial charge in [-0.25, -0.2) is 0 Å². The number of aliphatic hydroxyl groups excluding tert-OH is 1. The van der Waals surface area contributed by atoms with Gasteiger partial charge in [0.15, 0.2) is 0 Å². The fourth-order valence-corrected chi connectivity index (χ4v) is 1.57. The fourth-order valence-electron chi connectivity index (χ4n) is 1.57. The van der Waals surface area contributed by atoms with Gasteiger partial charge in [-0.1, -0.05) is 19.1 Å². The number of phenols is 1. The molecule has 1 unspecified atom stereocenters. The molecule has 0 aliphatic rings. The Balaban J connectivity index is 2.52. The van der Waals surface area contributed by atoms with E-state index >= 15 is 0 Å². The molecule has 3 heteroatoms. The Kier molecular flexibility index (Phi) is 4.77. The Labute approximate surface area is 97.1 Å². The summed E-state index contributed by atoms with van der Waals surface area (Å²) in [4.78, 5) is 0. The average molecular weight is 223 g/mol. The minimum Gasteiger partial charge on any atom is -0.508 e. The zero-order chi connectivity index (χ0) is 12.0. The molecule has 3 nitrogen and oxygen atoms in total. The van der Waals surface area contributed by atoms with E-state index in [1.807, 2.05) is 12.1 Å². The van der Waals surface area contributed by atoms with E-state index in [1.54, 1.807) is 12.1 Å². The molecule has 0 spiro atoms. The molecule has 1 rings (SSSR count). The van der Waals surface area contributed by atoms with Crippen molar-refractivity contribution in [2.75, 3.05) is 6.61 Å². The maximum atomic E-state index is 9.16. The molecule has 1 aromatic rings. The van der Waals surface area contributed by atoms with Gasteiger partial charge >= 0.3 is 0 Å². The summed E-state index contributed by atoms with van der Waals surface area (Å²) >= 11 is 0. The number of hydrogen-bond donors (Lipinski definition) is 3. The van der Waals surface area contributed by atoms with Crippen molar-refractivity contribution in [3.05, 3.63) is 29.8 Å². The molecule has 0 saturated heterocycles. The van der Waals surface area contributed by atoms with Gasteiger partial charge in [0.05, 0.1) is 0 Å². The Morgan fingerprint density at radius 3 is 2.38 bits per heavy atom. The SMILES string of the molecule is CCC(C)(CCO)NCc1ccc(O)cc1. The molecule has 0 aliphatic carbocycles. The number of hydrogen-bond acceptors (Lipinski definition) is 3. The summed E-state index contributed by atoms with van der Waals surface area (Å²) in [6.45, 7) is 5.18. The smallest absolute Gasteiger partial charge is 0.115 e. The molecule has 90 valence electrons. The van der Waals surface area contributed by atoms with Crippen LogP contribution in [-0.2, 0) is 6.54 Å². The van der Waals surface area contributed by atoms with Gasteiger partial charge in [-0.3, -0.25) is 0 Å². The molecule has 1 atom stereocenters. The summed E-state index contributed by atoms with van der Waals surface area (Å²) < 4.78 is 0. The van der Waals surface area contributed by atoms with Crippen molar-refractivity contribution < 1.29 is 10.2 Å². The van der Waals surface area contributed by atoms with E-state index in [4.69, 9.17) is 10.2 Å². The van der Waals surface area contributed by atoms with E-state index in [1.165, 1.54) is 0 Å². The van der Waals surface area contributed by atoms with Crippen LogP contribution in [0.3, 0.4) is 0 Å². The largest absolute Gasteiger partial charge is 0.508 e. The van der Waals surface area contributed by atoms with Gasteiger partial charge in [-0.05, 0) is 37.5 Å². The highest BCUT2D eigenvalue weighted by molar-refractivity contribution is 5.25. The summed E-state index contributed by atoms with van der Waals surface area (Å²) in [6.07, 6.45) is 1.73. The Hall–Kier alpha value is -1.06. The van der Waals surface area contributed by atoms with E-state index in [0.29, 0.717) is 0 Å². The fraction of sp³-hybridized carbons (Fsp3) is 0.538. The number of phenolic OH excluding ortho intramolecular Hbond substituents is 1. The third-order valence-electron chi connectivity index (χ3n) is 3.10. The minimum absolute atomic E-state index is 0.0212. The van der Waals surface area contributed by atoms with Crippen molar-refractivity contribution in [3.8, 4) is 5.75 Å². The van der Waals surface area contributed by atoms with Crippen LogP contribution in [0.1, 0.15) is 32.3 Å². The van der Waals surface area contributed by atoms with Gasteiger partial charge in [0.1, 0.15) is 5.75 Å². The lowest BCUT2D eigenvalue weighted by atomic mass is 9.94. The zero-order valence-corrected chi connectivity index (χ0v) is 10.0. The predicted octanol–water partition coefficient (Wildman–Crippen LogP) is 2.03. The van der Waals surface area contributed by atoms with E-state index in [0.717, 1.165) is 24.9 Å². The summed E-state index contributed by atoms with van der Waals surface area (Å²) in [5.74, 6) is 0.289. The molecule has 0 amide bonds. The highest BCUT2D eigenvalue weighted by atomic mass is 16.3. The van der Waals surface area contributed by atoms with Gasteiger partial charge in [0.2, 0.25) is 0 Å². The molecule has 3 N–H and O–H groups in total. The second-order valence-electron chi connectivity index (χ2n) is 4.41. The predicted molar refractivity (Wildman–Crippen MR) is 65.3 cm³/mol. The van der Waals surface area contributed by atoms with E-state index in [2.05, 4.69) is 19.2 Å². The highest BCUT2D eigenvalue weighted by Gasteiger charge is 2.19. The normalized spacial score (nSPS) is 14.7. The molecule has 0 aromatic heterocycles. The third kappa shape index (κ3) is 3.83. The standard InChI is InChI=1S/C13H21NO2/c1-3-13(2,8-9-15)14-10-11-4-6-12(16)7-5-11/h4-7,14-16H,3,8-10H2,1-2H3. The molecule has 0 fully saturated rings. The Morgan fingerprint density at radius 1 is 1.25 bits per heavy atom. The highest BCUT2D eigenvalue weighted by Crippen LogP contribution is 2.16. The van der Waals surface area contributed by atoms with Crippen LogP contribution in [-0.4, -0.2) is 22.4 Å². The first-order valence-electron chi connectivity index (χ1n) is 5.73. The van der Waals surface area contributed by atoms with Crippen molar-refractivity contribution in [2.45, 2.75) is 38.8 Å². The summed E-state index contributed by atoms with van der Waals surface area (Å²) in [5.41, 5.74) is 1.11. The van der Waals surface area contributed by atoms with Crippen LogP contribution in [0.5, 0.6) is 5.75 Å². The molecule has 0 heterocycles. The van der Waals surface area contributed by atoms with Gasteiger partial charge in [-0.15, -0.1) is 0 Å². The summed E-state index contributed by atoms with van der Waals surface area (Å²) in [6, 6.07) is 7.17. The first-order chi connectivity index (χ1) is 7.59. The topological polar surface area (TPSA) is 52.5 Å². The lowest BCUT2D eigenvalue weighted by Gasteiger charge is -2.29. The number of benzene rings is 1. The third-order valence-corrected chi connectivity index (χ3v) is 3.10. The lowest BCUT2D eigenvalue weighted by Crippen LogP contribution is -2.42. The van der Waals surface area contributed by atoms with Crippen molar-refractivity contribution in [1.29, 1.82) is 0 Å². The first kappa shape index (κ1) is 13.0. The number of aliphatic hydroxyl groups is 1. The number of nitrogens with one attached hydrogen (secondary N) is 1. The lowest BCUT2D eigenvalue weighted by molar-refractivity contribution is 0.214. The number of rotatable bonds is 6. The van der Waals surface area contributed by atoms with Crippen LogP contribution >= 0.6 is 0 Å². The molecule has 0 radical (unpaired) electrons. The molecule has 1 aromatic carbocycles. The van der Waals surface area contributed by atoms with Crippen LogP contribution in [0, 0.1) is 0 Å².